The van der Waals surface area contributed by atoms with Crippen LogP contribution in [0.15, 0.2) is 12.1 Å². The Kier molecular flexibility index (Phi) is 2.74. The highest BCUT2D eigenvalue weighted by Gasteiger charge is 1.98. The molecule has 1 aromatic rings. The van der Waals surface area contributed by atoms with Gasteiger partial charge in [-0.25, -0.2) is 0 Å². The van der Waals surface area contributed by atoms with Crippen molar-refractivity contribution in [1.82, 2.24) is 0 Å². The quantitative estimate of drug-likeness (QED) is 0.705. The van der Waals surface area contributed by atoms with Gasteiger partial charge >= 0.3 is 0 Å². The van der Waals surface area contributed by atoms with E-state index in [1.54, 1.807) is 0 Å². The summed E-state index contributed by atoms with van der Waals surface area (Å²) in [6.07, 6.45) is 0. The van der Waals surface area contributed by atoms with Crippen LogP contribution in [0.3, 0.4) is 0 Å². The molecule has 1 N–H and O–H groups in total. The van der Waals surface area contributed by atoms with Crippen molar-refractivity contribution in [2.45, 2.75) is 20.8 Å². The second kappa shape index (κ2) is 3.61. The largest absolute Gasteiger partial charge is 0.385 e. The van der Waals surface area contributed by atoms with Crippen LogP contribution in [0.1, 0.15) is 16.7 Å². The number of aryl methyl sites for hydroxylation is 2. The van der Waals surface area contributed by atoms with Crippen LogP contribution in [0.2, 0.25) is 0 Å². The highest BCUT2D eigenvalue weighted by molar-refractivity contribution is 5.51. The zero-order chi connectivity index (χ0) is 9.14. The van der Waals surface area contributed by atoms with Crippen molar-refractivity contribution in [3.05, 3.63) is 35.7 Å². The SMILES string of the molecule is [CH2]CNc1cc(C)c(C)c(C)c1. The molecule has 0 amide bonds. The van der Waals surface area contributed by atoms with Crippen LogP contribution >= 0.6 is 0 Å². The Labute approximate surface area is 74.8 Å². The molecular formula is C11H16N. The minimum atomic E-state index is 0.738. The normalized spacial score (nSPS) is 10.0. The lowest BCUT2D eigenvalue weighted by Crippen LogP contribution is -1.98. The smallest absolute Gasteiger partial charge is 0.0345 e. The Bertz CT molecular complexity index is 253. The van der Waals surface area contributed by atoms with E-state index in [9.17, 15) is 0 Å². The van der Waals surface area contributed by atoms with Crippen molar-refractivity contribution < 1.29 is 0 Å². The molecule has 0 saturated heterocycles. The Morgan fingerprint density at radius 1 is 1.17 bits per heavy atom. The fourth-order valence-electron chi connectivity index (χ4n) is 1.28. The summed E-state index contributed by atoms with van der Waals surface area (Å²) in [5.74, 6) is 0. The van der Waals surface area contributed by atoms with E-state index in [-0.39, 0.29) is 0 Å². The van der Waals surface area contributed by atoms with E-state index in [1.807, 2.05) is 0 Å². The lowest BCUT2D eigenvalue weighted by molar-refractivity contribution is 1.24. The van der Waals surface area contributed by atoms with Gasteiger partial charge in [0.2, 0.25) is 0 Å². The van der Waals surface area contributed by atoms with Gasteiger partial charge in [-0.3, -0.25) is 0 Å². The summed E-state index contributed by atoms with van der Waals surface area (Å²) in [6, 6.07) is 4.32. The van der Waals surface area contributed by atoms with Gasteiger partial charge < -0.3 is 5.32 Å². The number of rotatable bonds is 2. The molecule has 65 valence electrons. The molecule has 1 rings (SSSR count). The molecule has 0 heterocycles. The van der Waals surface area contributed by atoms with Crippen molar-refractivity contribution in [3.63, 3.8) is 0 Å². The molecule has 1 aromatic carbocycles. The first-order valence-corrected chi connectivity index (χ1v) is 4.26. The maximum atomic E-state index is 3.75. The summed E-state index contributed by atoms with van der Waals surface area (Å²) in [5, 5.41) is 3.21. The van der Waals surface area contributed by atoms with Gasteiger partial charge in [0.15, 0.2) is 0 Å². The Morgan fingerprint density at radius 3 is 2.08 bits per heavy atom. The first-order chi connectivity index (χ1) is 5.65. The summed E-state index contributed by atoms with van der Waals surface area (Å²) in [7, 11) is 0. The van der Waals surface area contributed by atoms with Crippen LogP contribution in [-0.4, -0.2) is 6.54 Å². The van der Waals surface area contributed by atoms with Crippen LogP contribution in [0.4, 0.5) is 5.69 Å². The minimum Gasteiger partial charge on any atom is -0.385 e. The summed E-state index contributed by atoms with van der Waals surface area (Å²) in [4.78, 5) is 0. The predicted molar refractivity (Wildman–Crippen MR) is 54.5 cm³/mol. The Hall–Kier alpha value is -0.980. The van der Waals surface area contributed by atoms with Gasteiger partial charge in [0.05, 0.1) is 0 Å². The van der Waals surface area contributed by atoms with Crippen LogP contribution in [0.5, 0.6) is 0 Å². The molecule has 0 aromatic heterocycles. The van der Waals surface area contributed by atoms with E-state index in [0.717, 1.165) is 6.54 Å². The number of benzene rings is 1. The maximum Gasteiger partial charge on any atom is 0.0345 e. The second-order valence-corrected chi connectivity index (χ2v) is 3.16. The van der Waals surface area contributed by atoms with E-state index in [2.05, 4.69) is 45.1 Å². The van der Waals surface area contributed by atoms with Crippen LogP contribution in [-0.2, 0) is 0 Å². The summed E-state index contributed by atoms with van der Waals surface area (Å²) < 4.78 is 0. The molecule has 0 bridgehead atoms. The standard InChI is InChI=1S/C11H16N/c1-5-12-11-6-8(2)10(4)9(3)7-11/h6-7,12H,1,5H2,2-4H3. The van der Waals surface area contributed by atoms with Crippen molar-refractivity contribution >= 4 is 5.69 Å². The van der Waals surface area contributed by atoms with E-state index in [0.29, 0.717) is 0 Å². The molecule has 0 aliphatic carbocycles. The third kappa shape index (κ3) is 1.79. The Morgan fingerprint density at radius 2 is 1.67 bits per heavy atom. The van der Waals surface area contributed by atoms with E-state index < -0.39 is 0 Å². The zero-order valence-corrected chi connectivity index (χ0v) is 8.07. The summed E-state index contributed by atoms with van der Waals surface area (Å²) >= 11 is 0. The highest BCUT2D eigenvalue weighted by Crippen LogP contribution is 2.18. The van der Waals surface area contributed by atoms with Gasteiger partial charge in [0, 0.05) is 12.2 Å². The van der Waals surface area contributed by atoms with Gasteiger partial charge in [0.1, 0.15) is 0 Å². The lowest BCUT2D eigenvalue weighted by atomic mass is 10.0. The van der Waals surface area contributed by atoms with E-state index in [1.165, 1.54) is 22.4 Å². The molecule has 0 unspecified atom stereocenters. The third-order valence-corrected chi connectivity index (χ3v) is 2.26. The van der Waals surface area contributed by atoms with Crippen LogP contribution in [0.25, 0.3) is 0 Å². The van der Waals surface area contributed by atoms with Gasteiger partial charge in [-0.2, -0.15) is 0 Å². The molecule has 0 saturated carbocycles. The number of hydrogen-bond acceptors (Lipinski definition) is 1. The average molecular weight is 162 g/mol. The fraction of sp³-hybridized carbons (Fsp3) is 0.364. The number of nitrogens with one attached hydrogen (secondary N) is 1. The monoisotopic (exact) mass is 162 g/mol. The van der Waals surface area contributed by atoms with E-state index >= 15 is 0 Å². The summed E-state index contributed by atoms with van der Waals surface area (Å²) in [6.45, 7) is 10.9. The van der Waals surface area contributed by atoms with Gasteiger partial charge in [-0.05, 0) is 56.5 Å². The van der Waals surface area contributed by atoms with Crippen LogP contribution < -0.4 is 5.32 Å². The van der Waals surface area contributed by atoms with Gasteiger partial charge in [-0.1, -0.05) is 0 Å². The van der Waals surface area contributed by atoms with Crippen molar-refractivity contribution in [1.29, 1.82) is 0 Å². The molecule has 1 radical (unpaired) electrons. The first-order valence-electron chi connectivity index (χ1n) is 4.26. The number of anilines is 1. The van der Waals surface area contributed by atoms with Crippen molar-refractivity contribution in [3.8, 4) is 0 Å². The molecule has 1 nitrogen and oxygen atoms in total. The lowest BCUT2D eigenvalue weighted by Gasteiger charge is -2.09. The molecule has 0 spiro atoms. The predicted octanol–water partition coefficient (Wildman–Crippen LogP) is 2.86. The number of hydrogen-bond donors (Lipinski definition) is 1. The maximum absolute atomic E-state index is 3.75. The second-order valence-electron chi connectivity index (χ2n) is 3.16. The molecule has 0 aliphatic heterocycles. The minimum absolute atomic E-state index is 0.738. The zero-order valence-electron chi connectivity index (χ0n) is 8.07. The highest BCUT2D eigenvalue weighted by atomic mass is 14.8. The van der Waals surface area contributed by atoms with Gasteiger partial charge in [-0.15, -0.1) is 0 Å². The summed E-state index contributed by atoms with van der Waals surface area (Å²) in [5.41, 5.74) is 5.23. The average Bonchev–Trinajstić information content (AvgIpc) is 2.01. The molecular weight excluding hydrogens is 146 g/mol. The topological polar surface area (TPSA) is 12.0 Å². The Balaban J connectivity index is 3.04. The third-order valence-electron chi connectivity index (χ3n) is 2.26. The van der Waals surface area contributed by atoms with Crippen molar-refractivity contribution in [2.75, 3.05) is 11.9 Å². The fourth-order valence-corrected chi connectivity index (χ4v) is 1.28. The molecule has 12 heavy (non-hydrogen) atoms. The van der Waals surface area contributed by atoms with Crippen molar-refractivity contribution in [2.24, 2.45) is 0 Å². The van der Waals surface area contributed by atoms with Gasteiger partial charge in [0.25, 0.3) is 0 Å². The molecule has 0 aliphatic rings. The molecule has 0 atom stereocenters. The first kappa shape index (κ1) is 9.11. The molecule has 1 heteroatoms. The molecule has 0 fully saturated rings. The van der Waals surface area contributed by atoms with Crippen LogP contribution in [0, 0.1) is 27.7 Å². The van der Waals surface area contributed by atoms with E-state index in [4.69, 9.17) is 0 Å².